The lowest BCUT2D eigenvalue weighted by atomic mass is 9.78. The quantitative estimate of drug-likeness (QED) is 0.781. The smallest absolute Gasteiger partial charge is 0.248 e. The van der Waals surface area contributed by atoms with Crippen molar-refractivity contribution in [1.29, 1.82) is 0 Å². The molecule has 3 fully saturated rings. The fourth-order valence-electron chi connectivity index (χ4n) is 4.34. The second-order valence-electron chi connectivity index (χ2n) is 8.45. The Morgan fingerprint density at radius 3 is 2.14 bits per heavy atom. The van der Waals surface area contributed by atoms with E-state index in [1.807, 2.05) is 0 Å². The van der Waals surface area contributed by atoms with Gasteiger partial charge in [0.2, 0.25) is 11.8 Å². The van der Waals surface area contributed by atoms with Crippen LogP contribution in [0.5, 0.6) is 0 Å². The number of hydrogen-bond donors (Lipinski definition) is 0. The van der Waals surface area contributed by atoms with Gasteiger partial charge in [-0.2, -0.15) is 0 Å². The molecule has 1 amide bonds. The number of rotatable bonds is 2. The first-order chi connectivity index (χ1) is 10.2. The van der Waals surface area contributed by atoms with E-state index in [9.17, 15) is 13.6 Å². The molecule has 0 aromatic heterocycles. The molecule has 0 spiro atoms. The first kappa shape index (κ1) is 16.2. The zero-order chi connectivity index (χ0) is 16.1. The molecule has 0 aromatic carbocycles. The van der Waals surface area contributed by atoms with Crippen molar-refractivity contribution in [2.45, 2.75) is 82.8 Å². The van der Waals surface area contributed by atoms with Crippen molar-refractivity contribution in [1.82, 2.24) is 9.80 Å². The summed E-state index contributed by atoms with van der Waals surface area (Å²) in [6, 6.07) is 0.555. The highest BCUT2D eigenvalue weighted by Crippen LogP contribution is 2.45. The lowest BCUT2D eigenvalue weighted by Crippen LogP contribution is -2.65. The number of amides is 1. The standard InChI is InChI=1S/C17H28F2N2O/c1-16(2,3)20-10-13-5-4-6-14(11-20)21(13)15(22)7-12-8-17(18,19)9-12/h12-14H,4-11H2,1-3H3. The highest BCUT2D eigenvalue weighted by atomic mass is 19.3. The van der Waals surface area contributed by atoms with Crippen molar-refractivity contribution in [2.75, 3.05) is 13.1 Å². The molecule has 0 radical (unpaired) electrons. The molecule has 2 bridgehead atoms. The summed E-state index contributed by atoms with van der Waals surface area (Å²) in [6.07, 6.45) is 3.40. The van der Waals surface area contributed by atoms with Crippen LogP contribution in [0.3, 0.4) is 0 Å². The number of halogens is 2. The Morgan fingerprint density at radius 2 is 1.68 bits per heavy atom. The molecule has 2 aliphatic heterocycles. The third-order valence-electron chi connectivity index (χ3n) is 5.60. The van der Waals surface area contributed by atoms with Gasteiger partial charge in [0.1, 0.15) is 0 Å². The third-order valence-corrected chi connectivity index (χ3v) is 5.60. The number of carbonyl (C=O) groups excluding carboxylic acids is 1. The van der Waals surface area contributed by atoms with Crippen LogP contribution in [0.15, 0.2) is 0 Å². The van der Waals surface area contributed by atoms with Crippen LogP contribution in [-0.2, 0) is 4.79 Å². The van der Waals surface area contributed by atoms with Crippen LogP contribution in [0.25, 0.3) is 0 Å². The maximum atomic E-state index is 13.0. The fraction of sp³-hybridized carbons (Fsp3) is 0.941. The number of carbonyl (C=O) groups is 1. The Kier molecular flexibility index (Phi) is 3.99. The first-order valence-corrected chi connectivity index (χ1v) is 8.60. The molecule has 5 heteroatoms. The molecule has 0 aromatic rings. The predicted octanol–water partition coefficient (Wildman–Crippen LogP) is 3.29. The number of piperazine rings is 1. The van der Waals surface area contributed by atoms with Gasteiger partial charge in [-0.1, -0.05) is 0 Å². The summed E-state index contributed by atoms with van der Waals surface area (Å²) in [5.41, 5.74) is 0.124. The van der Waals surface area contributed by atoms with Crippen LogP contribution in [0.4, 0.5) is 8.78 Å². The second kappa shape index (κ2) is 5.43. The molecule has 1 saturated carbocycles. The van der Waals surface area contributed by atoms with E-state index in [-0.39, 0.29) is 42.3 Å². The van der Waals surface area contributed by atoms with E-state index in [0.29, 0.717) is 6.42 Å². The molecule has 3 aliphatic rings. The van der Waals surface area contributed by atoms with Gasteiger partial charge in [-0.15, -0.1) is 0 Å². The SMILES string of the molecule is CC(C)(C)N1CC2CCCC(C1)N2C(=O)CC1CC(F)(F)C1. The largest absolute Gasteiger partial charge is 0.334 e. The van der Waals surface area contributed by atoms with E-state index >= 15 is 0 Å². The molecule has 22 heavy (non-hydrogen) atoms. The maximum Gasteiger partial charge on any atom is 0.248 e. The Labute approximate surface area is 132 Å². The van der Waals surface area contributed by atoms with Gasteiger partial charge in [0.05, 0.1) is 0 Å². The predicted molar refractivity (Wildman–Crippen MR) is 81.9 cm³/mol. The first-order valence-electron chi connectivity index (χ1n) is 8.60. The van der Waals surface area contributed by atoms with Gasteiger partial charge < -0.3 is 4.90 Å². The van der Waals surface area contributed by atoms with E-state index in [0.717, 1.165) is 25.9 Å². The summed E-state index contributed by atoms with van der Waals surface area (Å²) in [4.78, 5) is 17.2. The van der Waals surface area contributed by atoms with Crippen molar-refractivity contribution in [2.24, 2.45) is 5.92 Å². The fourth-order valence-corrected chi connectivity index (χ4v) is 4.34. The van der Waals surface area contributed by atoms with Crippen molar-refractivity contribution >= 4 is 5.91 Å². The van der Waals surface area contributed by atoms with Gasteiger partial charge in [0, 0.05) is 50.0 Å². The van der Waals surface area contributed by atoms with Gasteiger partial charge in [-0.05, 0) is 46.0 Å². The summed E-state index contributed by atoms with van der Waals surface area (Å²) in [5, 5.41) is 0. The van der Waals surface area contributed by atoms with Crippen molar-refractivity contribution < 1.29 is 13.6 Å². The number of nitrogens with zero attached hydrogens (tertiary/aromatic N) is 2. The van der Waals surface area contributed by atoms with Crippen LogP contribution in [0.2, 0.25) is 0 Å². The van der Waals surface area contributed by atoms with Crippen LogP contribution in [-0.4, -0.2) is 52.3 Å². The topological polar surface area (TPSA) is 23.6 Å². The van der Waals surface area contributed by atoms with E-state index in [1.54, 1.807) is 0 Å². The highest BCUT2D eigenvalue weighted by Gasteiger charge is 2.48. The number of hydrogen-bond acceptors (Lipinski definition) is 2. The molecule has 1 aliphatic carbocycles. The molecule has 2 heterocycles. The molecule has 0 N–H and O–H groups in total. The number of fused-ring (bicyclic) bond motifs is 2. The van der Waals surface area contributed by atoms with E-state index in [4.69, 9.17) is 0 Å². The highest BCUT2D eigenvalue weighted by molar-refractivity contribution is 5.77. The number of piperidine rings is 1. The Morgan fingerprint density at radius 1 is 1.14 bits per heavy atom. The summed E-state index contributed by atoms with van der Waals surface area (Å²) >= 11 is 0. The molecule has 3 nitrogen and oxygen atoms in total. The third kappa shape index (κ3) is 3.15. The molecule has 2 saturated heterocycles. The van der Waals surface area contributed by atoms with Gasteiger partial charge in [0.25, 0.3) is 0 Å². The minimum absolute atomic E-state index is 0.101. The van der Waals surface area contributed by atoms with Gasteiger partial charge in [-0.25, -0.2) is 8.78 Å². The minimum atomic E-state index is -2.52. The maximum absolute atomic E-state index is 13.0. The summed E-state index contributed by atoms with van der Waals surface area (Å²) in [7, 11) is 0. The molecular weight excluding hydrogens is 286 g/mol. The summed E-state index contributed by atoms with van der Waals surface area (Å²) < 4.78 is 25.9. The Bertz CT molecular complexity index is 424. The number of likely N-dealkylation sites (tertiary alicyclic amines) is 1. The van der Waals surface area contributed by atoms with Crippen LogP contribution in [0.1, 0.15) is 59.3 Å². The summed E-state index contributed by atoms with van der Waals surface area (Å²) in [6.45, 7) is 8.50. The lowest BCUT2D eigenvalue weighted by molar-refractivity contribution is -0.154. The van der Waals surface area contributed by atoms with E-state index < -0.39 is 5.92 Å². The second-order valence-corrected chi connectivity index (χ2v) is 8.45. The minimum Gasteiger partial charge on any atom is -0.334 e. The molecule has 2 unspecified atom stereocenters. The van der Waals surface area contributed by atoms with Crippen molar-refractivity contribution in [3.05, 3.63) is 0 Å². The zero-order valence-electron chi connectivity index (χ0n) is 13.9. The zero-order valence-corrected chi connectivity index (χ0v) is 13.9. The average molecular weight is 314 g/mol. The van der Waals surface area contributed by atoms with Crippen molar-refractivity contribution in [3.8, 4) is 0 Å². The monoisotopic (exact) mass is 314 g/mol. The average Bonchev–Trinajstić information content (AvgIpc) is 2.33. The lowest BCUT2D eigenvalue weighted by Gasteiger charge is -2.54. The Balaban J connectivity index is 1.63. The molecule has 126 valence electrons. The van der Waals surface area contributed by atoms with Crippen LogP contribution in [0, 0.1) is 5.92 Å². The normalized spacial score (nSPS) is 32.7. The Hall–Kier alpha value is -0.710. The van der Waals surface area contributed by atoms with E-state index in [1.165, 1.54) is 6.42 Å². The van der Waals surface area contributed by atoms with Crippen molar-refractivity contribution in [3.63, 3.8) is 0 Å². The molecule has 3 rings (SSSR count). The van der Waals surface area contributed by atoms with Gasteiger partial charge >= 0.3 is 0 Å². The molecular formula is C17H28F2N2O. The van der Waals surface area contributed by atoms with Crippen LogP contribution < -0.4 is 0 Å². The van der Waals surface area contributed by atoms with Crippen LogP contribution >= 0.6 is 0 Å². The van der Waals surface area contributed by atoms with Gasteiger partial charge in [0.15, 0.2) is 0 Å². The van der Waals surface area contributed by atoms with E-state index in [2.05, 4.69) is 30.6 Å². The summed E-state index contributed by atoms with van der Waals surface area (Å²) in [5.74, 6) is -2.52. The molecule has 2 atom stereocenters. The van der Waals surface area contributed by atoms with Gasteiger partial charge in [-0.3, -0.25) is 9.69 Å². The number of alkyl halides is 2.